The molecule has 0 unspecified atom stereocenters. The van der Waals surface area contributed by atoms with Crippen LogP contribution in [-0.2, 0) is 12.1 Å². The van der Waals surface area contributed by atoms with Crippen LogP contribution in [0.25, 0.3) is 0 Å². The number of aromatic nitrogens is 4. The van der Waals surface area contributed by atoms with Crippen LogP contribution in [0.3, 0.4) is 0 Å². The van der Waals surface area contributed by atoms with Crippen molar-refractivity contribution in [3.63, 3.8) is 0 Å². The van der Waals surface area contributed by atoms with Gasteiger partial charge in [-0.3, -0.25) is 14.2 Å². The van der Waals surface area contributed by atoms with Crippen molar-refractivity contribution in [2.45, 2.75) is 31.4 Å². The molecule has 0 saturated heterocycles. The lowest BCUT2D eigenvalue weighted by Crippen LogP contribution is -2.36. The van der Waals surface area contributed by atoms with E-state index >= 15 is 0 Å². The predicted molar refractivity (Wildman–Crippen MR) is 77.7 cm³/mol. The lowest BCUT2D eigenvalue weighted by molar-refractivity contribution is 0.0933. The summed E-state index contributed by atoms with van der Waals surface area (Å²) in [5, 5.41) is 10.9. The molecule has 0 aromatic carbocycles. The number of halogens is 3. The van der Waals surface area contributed by atoms with Gasteiger partial charge in [-0.2, -0.15) is 10.2 Å². The van der Waals surface area contributed by atoms with Gasteiger partial charge in [0.25, 0.3) is 12.3 Å². The zero-order valence-electron chi connectivity index (χ0n) is 11.5. The lowest BCUT2D eigenvalue weighted by Gasteiger charge is -2.16. The van der Waals surface area contributed by atoms with Crippen LogP contribution in [0.4, 0.5) is 8.78 Å². The molecular weight excluding hydrogens is 360 g/mol. The van der Waals surface area contributed by atoms with Crippen LogP contribution in [0.2, 0.25) is 0 Å². The first-order valence-corrected chi connectivity index (χ1v) is 7.58. The second kappa shape index (κ2) is 5.79. The van der Waals surface area contributed by atoms with Gasteiger partial charge in [0.2, 0.25) is 0 Å². The molecule has 0 bridgehead atoms. The highest BCUT2D eigenvalue weighted by molar-refractivity contribution is 9.10. The summed E-state index contributed by atoms with van der Waals surface area (Å²) >= 11 is 3.35. The summed E-state index contributed by atoms with van der Waals surface area (Å²) < 4.78 is 28.3. The first-order chi connectivity index (χ1) is 10.5. The number of nitrogens with zero attached hydrogens (tertiary/aromatic N) is 4. The minimum absolute atomic E-state index is 0.137. The maximum absolute atomic E-state index is 12.3. The summed E-state index contributed by atoms with van der Waals surface area (Å²) in [6.45, 7) is -0.0831. The number of carbonyl (C=O) groups excluding carboxylic acids is 1. The van der Waals surface area contributed by atoms with Gasteiger partial charge in [0.05, 0.1) is 16.2 Å². The van der Waals surface area contributed by atoms with Gasteiger partial charge in [-0.25, -0.2) is 8.78 Å². The molecule has 1 N–H and O–H groups in total. The predicted octanol–water partition coefficient (Wildman–Crippen LogP) is 2.03. The van der Waals surface area contributed by atoms with Crippen molar-refractivity contribution in [2.75, 3.05) is 6.54 Å². The second-order valence-corrected chi connectivity index (χ2v) is 6.24. The Morgan fingerprint density at radius 1 is 1.50 bits per heavy atom. The Balaban J connectivity index is 1.59. The molecule has 1 aliphatic carbocycles. The van der Waals surface area contributed by atoms with E-state index in [0.29, 0.717) is 6.54 Å². The molecule has 1 aliphatic rings. The van der Waals surface area contributed by atoms with Gasteiger partial charge in [-0.05, 0) is 34.8 Å². The number of nitrogens with one attached hydrogen (secondary N) is 1. The van der Waals surface area contributed by atoms with Gasteiger partial charge in [0.15, 0.2) is 0 Å². The number of hydrogen-bond donors (Lipinski definition) is 1. The number of rotatable bonds is 6. The molecule has 3 rings (SSSR count). The third-order valence-electron chi connectivity index (χ3n) is 3.64. The normalized spacial score (nSPS) is 16.0. The molecule has 0 radical (unpaired) electrons. The highest BCUT2D eigenvalue weighted by Gasteiger charge is 2.45. The highest BCUT2D eigenvalue weighted by Crippen LogP contribution is 2.42. The van der Waals surface area contributed by atoms with Gasteiger partial charge in [-0.1, -0.05) is 0 Å². The summed E-state index contributed by atoms with van der Waals surface area (Å²) in [6.07, 6.45) is 4.31. The van der Waals surface area contributed by atoms with Crippen molar-refractivity contribution < 1.29 is 13.6 Å². The van der Waals surface area contributed by atoms with Crippen LogP contribution >= 0.6 is 15.9 Å². The molecule has 22 heavy (non-hydrogen) atoms. The molecule has 2 aromatic heterocycles. The van der Waals surface area contributed by atoms with Gasteiger partial charge in [-0.15, -0.1) is 0 Å². The Kier molecular flexibility index (Phi) is 3.98. The van der Waals surface area contributed by atoms with Crippen molar-refractivity contribution in [3.8, 4) is 0 Å². The summed E-state index contributed by atoms with van der Waals surface area (Å²) in [4.78, 5) is 12.0. The third kappa shape index (κ3) is 3.18. The molecule has 2 heterocycles. The van der Waals surface area contributed by atoms with Crippen molar-refractivity contribution in [1.82, 2.24) is 24.9 Å². The third-order valence-corrected chi connectivity index (χ3v) is 4.05. The standard InChI is InChI=1S/C13H14BrF2N5O/c14-9-5-18-21(6-9)13(2-3-13)8-17-12(22)10-1-4-20(19-10)7-11(15)16/h1,4-6,11H,2-3,7-8H2,(H,17,22). The van der Waals surface area contributed by atoms with Crippen molar-refractivity contribution in [2.24, 2.45) is 0 Å². The monoisotopic (exact) mass is 373 g/mol. The Hall–Kier alpha value is -1.77. The molecule has 1 fully saturated rings. The zero-order chi connectivity index (χ0) is 15.7. The molecule has 9 heteroatoms. The van der Waals surface area contributed by atoms with E-state index in [2.05, 4.69) is 31.4 Å². The second-order valence-electron chi connectivity index (χ2n) is 5.32. The van der Waals surface area contributed by atoms with Gasteiger partial charge in [0.1, 0.15) is 12.2 Å². The molecule has 0 aliphatic heterocycles. The molecule has 1 amide bonds. The van der Waals surface area contributed by atoms with E-state index in [0.717, 1.165) is 22.0 Å². The molecule has 1 saturated carbocycles. The molecule has 0 atom stereocenters. The van der Waals surface area contributed by atoms with E-state index in [1.165, 1.54) is 12.3 Å². The highest BCUT2D eigenvalue weighted by atomic mass is 79.9. The topological polar surface area (TPSA) is 64.7 Å². The number of alkyl halides is 2. The minimum Gasteiger partial charge on any atom is -0.348 e. The smallest absolute Gasteiger partial charge is 0.271 e. The first-order valence-electron chi connectivity index (χ1n) is 6.79. The molecule has 118 valence electrons. The Bertz CT molecular complexity index is 680. The number of amides is 1. The number of hydrogen-bond acceptors (Lipinski definition) is 3. The maximum atomic E-state index is 12.3. The summed E-state index contributed by atoms with van der Waals surface area (Å²) in [5.74, 6) is -0.370. The maximum Gasteiger partial charge on any atom is 0.271 e. The zero-order valence-corrected chi connectivity index (χ0v) is 13.1. The lowest BCUT2D eigenvalue weighted by atomic mass is 10.2. The Labute approximate surface area is 133 Å². The van der Waals surface area contributed by atoms with Gasteiger partial charge in [0, 0.05) is 18.9 Å². The van der Waals surface area contributed by atoms with Crippen LogP contribution in [0.15, 0.2) is 29.1 Å². The van der Waals surface area contributed by atoms with Crippen LogP contribution in [0.1, 0.15) is 23.3 Å². The van der Waals surface area contributed by atoms with Crippen LogP contribution in [0.5, 0.6) is 0 Å². The van der Waals surface area contributed by atoms with Gasteiger partial charge >= 0.3 is 0 Å². The van der Waals surface area contributed by atoms with Crippen molar-refractivity contribution >= 4 is 21.8 Å². The van der Waals surface area contributed by atoms with E-state index in [1.807, 2.05) is 10.9 Å². The van der Waals surface area contributed by atoms with E-state index < -0.39 is 13.0 Å². The molecular formula is C13H14BrF2N5O. The van der Waals surface area contributed by atoms with Crippen LogP contribution in [0, 0.1) is 0 Å². The van der Waals surface area contributed by atoms with Gasteiger partial charge < -0.3 is 5.32 Å². The fourth-order valence-corrected chi connectivity index (χ4v) is 2.54. The van der Waals surface area contributed by atoms with Crippen molar-refractivity contribution in [1.29, 1.82) is 0 Å². The molecule has 0 spiro atoms. The van der Waals surface area contributed by atoms with E-state index in [1.54, 1.807) is 6.20 Å². The SMILES string of the molecule is O=C(NCC1(n2cc(Br)cn2)CC1)c1ccn(CC(F)F)n1. The van der Waals surface area contributed by atoms with Crippen LogP contribution in [-0.4, -0.2) is 38.4 Å². The Morgan fingerprint density at radius 3 is 2.86 bits per heavy atom. The first kappa shape index (κ1) is 15.1. The van der Waals surface area contributed by atoms with Crippen molar-refractivity contribution in [3.05, 3.63) is 34.8 Å². The van der Waals surface area contributed by atoms with Crippen LogP contribution < -0.4 is 5.32 Å². The fourth-order valence-electron chi connectivity index (χ4n) is 2.25. The number of carbonyl (C=O) groups is 1. The van der Waals surface area contributed by atoms with E-state index in [4.69, 9.17) is 0 Å². The quantitative estimate of drug-likeness (QED) is 0.842. The Morgan fingerprint density at radius 2 is 2.27 bits per heavy atom. The average Bonchev–Trinajstić information content (AvgIpc) is 2.88. The minimum atomic E-state index is -2.50. The van der Waals surface area contributed by atoms with E-state index in [9.17, 15) is 13.6 Å². The fraction of sp³-hybridized carbons (Fsp3) is 0.462. The summed E-state index contributed by atoms with van der Waals surface area (Å²) in [7, 11) is 0. The molecule has 6 nitrogen and oxygen atoms in total. The van der Waals surface area contributed by atoms with E-state index in [-0.39, 0.29) is 17.1 Å². The summed E-state index contributed by atoms with van der Waals surface area (Å²) in [5.41, 5.74) is -0.0502. The average molecular weight is 374 g/mol. The largest absolute Gasteiger partial charge is 0.348 e. The summed E-state index contributed by atoms with van der Waals surface area (Å²) in [6, 6.07) is 1.43. The molecule has 2 aromatic rings.